The Morgan fingerprint density at radius 3 is 2.82 bits per heavy atom. The number of fused-ring (bicyclic) bond motifs is 1. The van der Waals surface area contributed by atoms with Gasteiger partial charge in [-0.15, -0.1) is 23.1 Å². The molecule has 1 aliphatic heterocycles. The highest BCUT2D eigenvalue weighted by Crippen LogP contribution is 2.33. The van der Waals surface area contributed by atoms with Crippen molar-refractivity contribution in [2.24, 2.45) is 4.99 Å². The van der Waals surface area contributed by atoms with E-state index in [1.807, 2.05) is 4.68 Å². The molecule has 1 aromatic carbocycles. The third-order valence-electron chi connectivity index (χ3n) is 3.78. The van der Waals surface area contributed by atoms with Gasteiger partial charge < -0.3 is 0 Å². The SMILES string of the molecule is CSc1ccc(C2CC(c3cccs3)=Nc3ncnn32)cc1. The molecule has 1 aliphatic rings. The Bertz CT molecular complexity index is 803. The number of thioether (sulfide) groups is 1. The van der Waals surface area contributed by atoms with Gasteiger partial charge in [0.25, 0.3) is 0 Å². The van der Waals surface area contributed by atoms with Gasteiger partial charge in [0.05, 0.1) is 11.8 Å². The highest BCUT2D eigenvalue weighted by Gasteiger charge is 2.26. The summed E-state index contributed by atoms with van der Waals surface area (Å²) < 4.78 is 1.92. The predicted molar refractivity (Wildman–Crippen MR) is 91.5 cm³/mol. The maximum Gasteiger partial charge on any atom is 0.248 e. The molecule has 2 aromatic heterocycles. The van der Waals surface area contributed by atoms with Gasteiger partial charge in [-0.1, -0.05) is 18.2 Å². The zero-order valence-electron chi connectivity index (χ0n) is 12.0. The van der Waals surface area contributed by atoms with Crippen LogP contribution in [-0.2, 0) is 0 Å². The van der Waals surface area contributed by atoms with E-state index in [-0.39, 0.29) is 6.04 Å². The largest absolute Gasteiger partial charge is 0.248 e. The first-order chi connectivity index (χ1) is 10.8. The van der Waals surface area contributed by atoms with Gasteiger partial charge >= 0.3 is 0 Å². The molecule has 0 fully saturated rings. The molecule has 1 unspecified atom stereocenters. The molecular formula is C16H14N4S2. The van der Waals surface area contributed by atoms with Crippen LogP contribution in [0.4, 0.5) is 5.95 Å². The molecule has 22 heavy (non-hydrogen) atoms. The van der Waals surface area contributed by atoms with Gasteiger partial charge in [-0.05, 0) is 35.4 Å². The summed E-state index contributed by atoms with van der Waals surface area (Å²) in [5.74, 6) is 0.689. The standard InChI is InChI=1S/C16H14N4S2/c1-21-12-6-4-11(5-7-12)14-9-13(15-3-2-8-22-15)19-16-17-10-18-20(14)16/h2-8,10,14H,9H2,1H3. The van der Waals surface area contributed by atoms with Crippen LogP contribution in [0.1, 0.15) is 22.9 Å². The smallest absolute Gasteiger partial charge is 0.222 e. The molecule has 0 radical (unpaired) electrons. The molecular weight excluding hydrogens is 312 g/mol. The van der Waals surface area contributed by atoms with Crippen molar-refractivity contribution in [2.75, 3.05) is 6.26 Å². The molecule has 0 amide bonds. The second-order valence-corrected chi connectivity index (χ2v) is 6.86. The number of hydrogen-bond donors (Lipinski definition) is 0. The van der Waals surface area contributed by atoms with Crippen molar-refractivity contribution in [2.45, 2.75) is 17.4 Å². The number of benzene rings is 1. The summed E-state index contributed by atoms with van der Waals surface area (Å²) in [6.45, 7) is 0. The summed E-state index contributed by atoms with van der Waals surface area (Å²) in [7, 11) is 0. The Labute approximate surface area is 136 Å². The molecule has 6 heteroatoms. The molecule has 3 aromatic rings. The van der Waals surface area contributed by atoms with Gasteiger partial charge in [0.15, 0.2) is 0 Å². The van der Waals surface area contributed by atoms with Crippen LogP contribution in [0.15, 0.2) is 58.0 Å². The average Bonchev–Trinajstić information content (AvgIpc) is 3.25. The van der Waals surface area contributed by atoms with Crippen LogP contribution in [0.3, 0.4) is 0 Å². The van der Waals surface area contributed by atoms with Crippen molar-refractivity contribution in [3.63, 3.8) is 0 Å². The Morgan fingerprint density at radius 2 is 2.09 bits per heavy atom. The van der Waals surface area contributed by atoms with Crippen molar-refractivity contribution in [1.29, 1.82) is 0 Å². The highest BCUT2D eigenvalue weighted by atomic mass is 32.2. The van der Waals surface area contributed by atoms with Gasteiger partial charge in [0, 0.05) is 16.2 Å². The van der Waals surface area contributed by atoms with E-state index < -0.39 is 0 Å². The molecule has 4 nitrogen and oxygen atoms in total. The molecule has 4 rings (SSSR count). The molecule has 0 spiro atoms. The van der Waals surface area contributed by atoms with E-state index in [4.69, 9.17) is 0 Å². The van der Waals surface area contributed by atoms with Crippen LogP contribution in [0.5, 0.6) is 0 Å². The molecule has 3 heterocycles. The monoisotopic (exact) mass is 326 g/mol. The Kier molecular flexibility index (Phi) is 3.56. The van der Waals surface area contributed by atoms with E-state index in [1.54, 1.807) is 29.4 Å². The average molecular weight is 326 g/mol. The topological polar surface area (TPSA) is 43.1 Å². The number of nitrogens with zero attached hydrogens (tertiary/aromatic N) is 4. The first-order valence-electron chi connectivity index (χ1n) is 7.00. The molecule has 0 N–H and O–H groups in total. The van der Waals surface area contributed by atoms with E-state index in [1.165, 1.54) is 15.3 Å². The normalized spacial score (nSPS) is 17.1. The lowest BCUT2D eigenvalue weighted by atomic mass is 9.99. The minimum atomic E-state index is 0.156. The predicted octanol–water partition coefficient (Wildman–Crippen LogP) is 4.18. The number of aliphatic imine (C=N–C) groups is 1. The van der Waals surface area contributed by atoms with Crippen LogP contribution in [0.25, 0.3) is 0 Å². The van der Waals surface area contributed by atoms with Crippen molar-refractivity contribution >= 4 is 34.8 Å². The summed E-state index contributed by atoms with van der Waals surface area (Å²) in [5, 5.41) is 6.45. The van der Waals surface area contributed by atoms with Gasteiger partial charge in [0.1, 0.15) is 6.33 Å². The summed E-state index contributed by atoms with van der Waals surface area (Å²) in [6.07, 6.45) is 4.52. The molecule has 0 aliphatic carbocycles. The van der Waals surface area contributed by atoms with Crippen molar-refractivity contribution in [3.05, 3.63) is 58.5 Å². The van der Waals surface area contributed by atoms with Gasteiger partial charge in [0.2, 0.25) is 5.95 Å². The van der Waals surface area contributed by atoms with E-state index in [2.05, 4.69) is 63.1 Å². The first kappa shape index (κ1) is 13.7. The van der Waals surface area contributed by atoms with Crippen molar-refractivity contribution in [3.8, 4) is 0 Å². The molecule has 1 atom stereocenters. The minimum absolute atomic E-state index is 0.156. The zero-order chi connectivity index (χ0) is 14.9. The summed E-state index contributed by atoms with van der Waals surface area (Å²) in [5.41, 5.74) is 2.34. The minimum Gasteiger partial charge on any atom is -0.222 e. The van der Waals surface area contributed by atoms with Gasteiger partial charge in [-0.2, -0.15) is 10.1 Å². The second kappa shape index (κ2) is 5.70. The highest BCUT2D eigenvalue weighted by molar-refractivity contribution is 7.98. The Morgan fingerprint density at radius 1 is 1.23 bits per heavy atom. The molecule has 0 saturated heterocycles. The van der Waals surface area contributed by atoms with Crippen LogP contribution >= 0.6 is 23.1 Å². The lowest BCUT2D eigenvalue weighted by molar-refractivity contribution is 0.531. The van der Waals surface area contributed by atoms with E-state index in [9.17, 15) is 0 Å². The summed E-state index contributed by atoms with van der Waals surface area (Å²) in [4.78, 5) is 11.4. The lowest BCUT2D eigenvalue weighted by Gasteiger charge is -2.23. The van der Waals surface area contributed by atoms with Crippen LogP contribution < -0.4 is 0 Å². The van der Waals surface area contributed by atoms with E-state index in [0.717, 1.165) is 12.1 Å². The number of thiophene rings is 1. The van der Waals surface area contributed by atoms with Crippen LogP contribution in [0, 0.1) is 0 Å². The van der Waals surface area contributed by atoms with Gasteiger partial charge in [-0.25, -0.2) is 9.67 Å². The summed E-state index contributed by atoms with van der Waals surface area (Å²) >= 11 is 3.47. The fourth-order valence-electron chi connectivity index (χ4n) is 2.66. The number of aromatic nitrogens is 3. The maximum atomic E-state index is 4.67. The van der Waals surface area contributed by atoms with Crippen LogP contribution in [0.2, 0.25) is 0 Å². The number of rotatable bonds is 3. The lowest BCUT2D eigenvalue weighted by Crippen LogP contribution is -2.20. The zero-order valence-corrected chi connectivity index (χ0v) is 13.6. The van der Waals surface area contributed by atoms with Gasteiger partial charge in [-0.3, -0.25) is 0 Å². The van der Waals surface area contributed by atoms with E-state index >= 15 is 0 Å². The molecule has 0 bridgehead atoms. The van der Waals surface area contributed by atoms with E-state index in [0.29, 0.717) is 5.95 Å². The van der Waals surface area contributed by atoms with Crippen molar-refractivity contribution in [1.82, 2.24) is 14.8 Å². The quantitative estimate of drug-likeness (QED) is 0.678. The van der Waals surface area contributed by atoms with Crippen molar-refractivity contribution < 1.29 is 0 Å². The first-order valence-corrected chi connectivity index (χ1v) is 9.10. The summed E-state index contributed by atoms with van der Waals surface area (Å²) in [6, 6.07) is 13.0. The Balaban J connectivity index is 1.75. The fourth-order valence-corrected chi connectivity index (χ4v) is 3.80. The Hall–Kier alpha value is -1.92. The molecule has 0 saturated carbocycles. The second-order valence-electron chi connectivity index (χ2n) is 5.03. The van der Waals surface area contributed by atoms with Crippen LogP contribution in [-0.4, -0.2) is 26.7 Å². The number of hydrogen-bond acceptors (Lipinski definition) is 5. The maximum absolute atomic E-state index is 4.67. The third kappa shape index (κ3) is 2.38. The third-order valence-corrected chi connectivity index (χ3v) is 5.44. The molecule has 110 valence electrons. The fraction of sp³-hybridized carbons (Fsp3) is 0.188.